The molecule has 0 aromatic rings. The van der Waals surface area contributed by atoms with Crippen molar-refractivity contribution in [3.8, 4) is 0 Å². The number of likely N-dealkylation sites (tertiary alicyclic amines) is 1. The Balaban J connectivity index is 1.96. The van der Waals surface area contributed by atoms with Crippen molar-refractivity contribution in [2.45, 2.75) is 31.7 Å². The molecule has 2 heterocycles. The maximum Gasteiger partial charge on any atom is 0.303 e. The highest BCUT2D eigenvalue weighted by Crippen LogP contribution is 2.26. The van der Waals surface area contributed by atoms with Crippen molar-refractivity contribution in [2.24, 2.45) is 5.92 Å². The summed E-state index contributed by atoms with van der Waals surface area (Å²) in [5, 5.41) is 8.68. The smallest absolute Gasteiger partial charge is 0.303 e. The van der Waals surface area contributed by atoms with Crippen molar-refractivity contribution >= 4 is 21.9 Å². The number of sulfonamides is 1. The molecule has 8 heteroatoms. The molecule has 1 amide bonds. The van der Waals surface area contributed by atoms with Gasteiger partial charge >= 0.3 is 5.97 Å². The normalized spacial score (nSPS) is 25.2. The van der Waals surface area contributed by atoms with E-state index in [1.165, 1.54) is 4.31 Å². The first-order valence-corrected chi connectivity index (χ1v) is 8.61. The first-order chi connectivity index (χ1) is 9.29. The summed E-state index contributed by atoms with van der Waals surface area (Å²) in [5.74, 6) is -1.05. The third-order valence-electron chi connectivity index (χ3n) is 3.90. The molecule has 1 atom stereocenters. The molecule has 114 valence electrons. The van der Waals surface area contributed by atoms with Gasteiger partial charge < -0.3 is 10.0 Å². The third-order valence-corrected chi connectivity index (χ3v) is 5.19. The molecule has 0 saturated carbocycles. The Morgan fingerprint density at radius 3 is 2.45 bits per heavy atom. The lowest BCUT2D eigenvalue weighted by atomic mass is 9.94. The number of carbonyl (C=O) groups excluding carboxylic acids is 1. The first kappa shape index (κ1) is 15.2. The minimum atomic E-state index is -3.38. The number of hydrogen-bond acceptors (Lipinski definition) is 4. The zero-order valence-corrected chi connectivity index (χ0v) is 12.3. The third kappa shape index (κ3) is 3.29. The van der Waals surface area contributed by atoms with E-state index in [-0.39, 0.29) is 18.2 Å². The van der Waals surface area contributed by atoms with Crippen LogP contribution in [-0.4, -0.2) is 66.5 Å². The number of rotatable bonds is 4. The van der Waals surface area contributed by atoms with Gasteiger partial charge in [-0.3, -0.25) is 9.59 Å². The summed E-state index contributed by atoms with van der Waals surface area (Å²) >= 11 is 0. The predicted molar refractivity (Wildman–Crippen MR) is 71.5 cm³/mol. The first-order valence-electron chi connectivity index (χ1n) is 6.76. The van der Waals surface area contributed by atoms with Crippen LogP contribution in [0.15, 0.2) is 0 Å². The van der Waals surface area contributed by atoms with E-state index in [1.807, 2.05) is 0 Å². The molecular formula is C12H20N2O5S. The molecule has 1 N–H and O–H groups in total. The fourth-order valence-corrected chi connectivity index (χ4v) is 4.00. The van der Waals surface area contributed by atoms with Gasteiger partial charge in [0.2, 0.25) is 15.9 Å². The summed E-state index contributed by atoms with van der Waals surface area (Å²) in [4.78, 5) is 24.5. The topological polar surface area (TPSA) is 95.0 Å². The van der Waals surface area contributed by atoms with Crippen molar-refractivity contribution in [1.82, 2.24) is 9.21 Å². The highest BCUT2D eigenvalue weighted by molar-refractivity contribution is 7.88. The van der Waals surface area contributed by atoms with Gasteiger partial charge in [-0.1, -0.05) is 6.42 Å². The summed E-state index contributed by atoms with van der Waals surface area (Å²) in [6, 6.07) is -0.607. The number of carboxylic acids is 1. The molecule has 0 aromatic carbocycles. The van der Waals surface area contributed by atoms with Crippen molar-refractivity contribution in [3.63, 3.8) is 0 Å². The maximum atomic E-state index is 12.3. The van der Waals surface area contributed by atoms with E-state index in [2.05, 4.69) is 0 Å². The minimum absolute atomic E-state index is 0.00766. The zero-order chi connectivity index (χ0) is 14.9. The SMILES string of the molecule is CS(=O)(=O)N1CCCCC1C(=O)N1CC(CC(=O)O)C1. The minimum Gasteiger partial charge on any atom is -0.481 e. The van der Waals surface area contributed by atoms with Crippen LogP contribution >= 0.6 is 0 Å². The summed E-state index contributed by atoms with van der Waals surface area (Å²) in [6.07, 6.45) is 3.35. The van der Waals surface area contributed by atoms with E-state index < -0.39 is 22.0 Å². The standard InChI is InChI=1S/C12H20N2O5S/c1-20(18,19)14-5-3-2-4-10(14)12(17)13-7-9(8-13)6-11(15)16/h9-10H,2-8H2,1H3,(H,15,16). The zero-order valence-electron chi connectivity index (χ0n) is 11.5. The van der Waals surface area contributed by atoms with Crippen LogP contribution in [-0.2, 0) is 19.6 Å². The Bertz CT molecular complexity index is 498. The van der Waals surface area contributed by atoms with Crippen LogP contribution in [0.5, 0.6) is 0 Å². The van der Waals surface area contributed by atoms with Crippen molar-refractivity contribution in [2.75, 3.05) is 25.9 Å². The molecule has 7 nitrogen and oxygen atoms in total. The van der Waals surface area contributed by atoms with Crippen LogP contribution in [0.3, 0.4) is 0 Å². The number of nitrogens with zero attached hydrogens (tertiary/aromatic N) is 2. The average Bonchev–Trinajstić information content (AvgIpc) is 2.31. The van der Waals surface area contributed by atoms with Crippen LogP contribution in [0.25, 0.3) is 0 Å². The lowest BCUT2D eigenvalue weighted by Crippen LogP contribution is -2.59. The Labute approximate surface area is 118 Å². The fraction of sp³-hybridized carbons (Fsp3) is 0.833. The van der Waals surface area contributed by atoms with E-state index in [9.17, 15) is 18.0 Å². The molecule has 2 aliphatic rings. The Hall–Kier alpha value is -1.15. The van der Waals surface area contributed by atoms with Crippen molar-refractivity contribution in [1.29, 1.82) is 0 Å². The van der Waals surface area contributed by atoms with Crippen LogP contribution < -0.4 is 0 Å². The molecule has 0 aromatic heterocycles. The number of hydrogen-bond donors (Lipinski definition) is 1. The highest BCUT2D eigenvalue weighted by Gasteiger charge is 2.40. The molecule has 2 rings (SSSR count). The van der Waals surface area contributed by atoms with Crippen LogP contribution in [0.4, 0.5) is 0 Å². The van der Waals surface area contributed by atoms with Gasteiger partial charge in [0, 0.05) is 25.6 Å². The second-order valence-corrected chi connectivity index (χ2v) is 7.53. The molecule has 2 aliphatic heterocycles. The van der Waals surface area contributed by atoms with Gasteiger partial charge in [-0.25, -0.2) is 8.42 Å². The van der Waals surface area contributed by atoms with E-state index >= 15 is 0 Å². The number of amides is 1. The van der Waals surface area contributed by atoms with E-state index in [0.29, 0.717) is 26.1 Å². The average molecular weight is 304 g/mol. The van der Waals surface area contributed by atoms with Crippen LogP contribution in [0.1, 0.15) is 25.7 Å². The Morgan fingerprint density at radius 2 is 1.90 bits per heavy atom. The highest BCUT2D eigenvalue weighted by atomic mass is 32.2. The number of carboxylic acid groups (broad SMARTS) is 1. The summed E-state index contributed by atoms with van der Waals surface area (Å²) < 4.78 is 24.7. The van der Waals surface area contributed by atoms with Gasteiger partial charge in [0.15, 0.2) is 0 Å². The summed E-state index contributed by atoms with van der Waals surface area (Å²) in [5.41, 5.74) is 0. The number of piperidine rings is 1. The summed E-state index contributed by atoms with van der Waals surface area (Å²) in [7, 11) is -3.38. The molecular weight excluding hydrogens is 284 g/mol. The molecule has 1 unspecified atom stereocenters. The Morgan fingerprint density at radius 1 is 1.25 bits per heavy atom. The lowest BCUT2D eigenvalue weighted by molar-refractivity contribution is -0.147. The van der Waals surface area contributed by atoms with Crippen molar-refractivity contribution in [3.05, 3.63) is 0 Å². The second kappa shape index (κ2) is 5.69. The van der Waals surface area contributed by atoms with Gasteiger partial charge in [0.05, 0.1) is 12.7 Å². The molecule has 0 aliphatic carbocycles. The lowest BCUT2D eigenvalue weighted by Gasteiger charge is -2.43. The largest absolute Gasteiger partial charge is 0.481 e. The van der Waals surface area contributed by atoms with E-state index in [1.54, 1.807) is 4.90 Å². The van der Waals surface area contributed by atoms with Gasteiger partial charge in [-0.05, 0) is 12.8 Å². The van der Waals surface area contributed by atoms with Gasteiger partial charge in [0.25, 0.3) is 0 Å². The quantitative estimate of drug-likeness (QED) is 0.771. The van der Waals surface area contributed by atoms with E-state index in [0.717, 1.165) is 19.1 Å². The number of carbonyl (C=O) groups is 2. The monoisotopic (exact) mass is 304 g/mol. The van der Waals surface area contributed by atoms with Crippen molar-refractivity contribution < 1.29 is 23.1 Å². The maximum absolute atomic E-state index is 12.3. The summed E-state index contributed by atoms with van der Waals surface area (Å²) in [6.45, 7) is 1.22. The van der Waals surface area contributed by atoms with Gasteiger partial charge in [-0.2, -0.15) is 4.31 Å². The molecule has 2 saturated heterocycles. The molecule has 2 fully saturated rings. The van der Waals surface area contributed by atoms with Crippen LogP contribution in [0.2, 0.25) is 0 Å². The Kier molecular flexibility index (Phi) is 4.33. The molecule has 20 heavy (non-hydrogen) atoms. The van der Waals surface area contributed by atoms with Gasteiger partial charge in [-0.15, -0.1) is 0 Å². The van der Waals surface area contributed by atoms with E-state index in [4.69, 9.17) is 5.11 Å². The fourth-order valence-electron chi connectivity index (χ4n) is 2.89. The molecule has 0 bridgehead atoms. The predicted octanol–water partition coefficient (Wildman–Crippen LogP) is -0.266. The molecule has 0 spiro atoms. The second-order valence-electron chi connectivity index (χ2n) is 5.59. The molecule has 0 radical (unpaired) electrons. The van der Waals surface area contributed by atoms with Gasteiger partial charge in [0.1, 0.15) is 6.04 Å². The number of aliphatic carboxylic acids is 1. The van der Waals surface area contributed by atoms with Crippen LogP contribution in [0, 0.1) is 5.92 Å².